The van der Waals surface area contributed by atoms with Crippen molar-refractivity contribution >= 4 is 27.5 Å². The number of hydrogen-bond acceptors (Lipinski definition) is 6. The van der Waals surface area contributed by atoms with Crippen LogP contribution < -0.4 is 29.7 Å². The fourth-order valence-corrected chi connectivity index (χ4v) is 3.20. The molecule has 0 heterocycles. The van der Waals surface area contributed by atoms with Gasteiger partial charge in [0, 0.05) is 28.8 Å². The first-order chi connectivity index (χ1) is 13.5. The highest BCUT2D eigenvalue weighted by atomic mass is 16.5. The number of rotatable bonds is 5. The van der Waals surface area contributed by atoms with E-state index in [9.17, 15) is 9.59 Å². The zero-order valence-corrected chi connectivity index (χ0v) is 16.3. The third-order valence-corrected chi connectivity index (χ3v) is 4.63. The third kappa shape index (κ3) is 3.05. The van der Waals surface area contributed by atoms with Crippen molar-refractivity contribution in [2.24, 2.45) is 0 Å². The minimum absolute atomic E-state index is 0.262. The summed E-state index contributed by atoms with van der Waals surface area (Å²) in [6.45, 7) is 0. The molecule has 0 unspecified atom stereocenters. The molecule has 3 aromatic carbocycles. The quantitative estimate of drug-likeness (QED) is 0.729. The maximum Gasteiger partial charge on any atom is 0.251 e. The molecule has 0 aliphatic heterocycles. The predicted octanol–water partition coefficient (Wildman–Crippen LogP) is 2.75. The van der Waals surface area contributed by atoms with Gasteiger partial charge in [0.25, 0.3) is 5.91 Å². The zero-order chi connectivity index (χ0) is 20.4. The summed E-state index contributed by atoms with van der Waals surface area (Å²) in [7, 11) is 7.53. The molecule has 1 N–H and O–H groups in total. The van der Waals surface area contributed by atoms with Gasteiger partial charge in [-0.25, -0.2) is 0 Å². The van der Waals surface area contributed by atoms with E-state index < -0.39 is 0 Å². The predicted molar refractivity (Wildman–Crippen MR) is 107 cm³/mol. The van der Waals surface area contributed by atoms with Gasteiger partial charge in [-0.15, -0.1) is 0 Å². The molecule has 146 valence electrons. The average Bonchev–Trinajstić information content (AvgIpc) is 2.85. The molecule has 28 heavy (non-hydrogen) atoms. The molecule has 0 aliphatic rings. The van der Waals surface area contributed by atoms with Crippen molar-refractivity contribution in [1.82, 2.24) is 5.32 Å². The minimum atomic E-state index is -0.330. The smallest absolute Gasteiger partial charge is 0.251 e. The standard InChI is InChI=1S/C21H21NO6/c1-22-21(24)15-6-11-7-16(25-2)17(26-3)8-12(11)20(23)14-10-19(28-5)18(27-4)9-13(14)15/h6-10H,1-5H3,(H,22,24). The van der Waals surface area contributed by atoms with Crippen LogP contribution in [-0.4, -0.2) is 41.4 Å². The number of carbonyl (C=O) groups is 1. The fourth-order valence-electron chi connectivity index (χ4n) is 3.20. The maximum absolute atomic E-state index is 13.4. The molecule has 0 saturated heterocycles. The Morgan fingerprint density at radius 2 is 1.18 bits per heavy atom. The summed E-state index contributed by atoms with van der Waals surface area (Å²) in [5, 5.41) is 4.35. The lowest BCUT2D eigenvalue weighted by Crippen LogP contribution is -2.17. The number of ether oxygens (including phenoxy) is 4. The molecule has 0 saturated carbocycles. The summed E-state index contributed by atoms with van der Waals surface area (Å²) >= 11 is 0. The summed E-state index contributed by atoms with van der Waals surface area (Å²) in [5.74, 6) is 1.37. The summed E-state index contributed by atoms with van der Waals surface area (Å²) in [6, 6.07) is 8.16. The second-order valence-corrected chi connectivity index (χ2v) is 6.01. The van der Waals surface area contributed by atoms with Crippen LogP contribution >= 0.6 is 0 Å². The Bertz CT molecular complexity index is 1140. The lowest BCUT2D eigenvalue weighted by molar-refractivity contribution is 0.0965. The number of amides is 1. The number of fused-ring (bicyclic) bond motifs is 2. The maximum atomic E-state index is 13.4. The lowest BCUT2D eigenvalue weighted by atomic mass is 10.1. The molecule has 0 aromatic heterocycles. The van der Waals surface area contributed by atoms with Crippen LogP contribution in [0.5, 0.6) is 23.0 Å². The molecule has 0 aliphatic carbocycles. The molecular weight excluding hydrogens is 362 g/mol. The summed E-state index contributed by atoms with van der Waals surface area (Å²) in [5.41, 5.74) is 0.0693. The number of hydrogen-bond donors (Lipinski definition) is 1. The van der Waals surface area contributed by atoms with Crippen molar-refractivity contribution < 1.29 is 23.7 Å². The van der Waals surface area contributed by atoms with Crippen LogP contribution in [0.3, 0.4) is 0 Å². The second kappa shape index (κ2) is 7.64. The summed E-state index contributed by atoms with van der Waals surface area (Å²) in [4.78, 5) is 26.0. The van der Waals surface area contributed by atoms with Crippen LogP contribution in [0.15, 0.2) is 35.1 Å². The molecular formula is C21H21NO6. The van der Waals surface area contributed by atoms with Crippen molar-refractivity contribution in [3.05, 3.63) is 46.1 Å². The molecule has 7 heteroatoms. The average molecular weight is 383 g/mol. The molecule has 3 rings (SSSR count). The monoisotopic (exact) mass is 383 g/mol. The van der Waals surface area contributed by atoms with Gasteiger partial charge in [0.15, 0.2) is 28.4 Å². The van der Waals surface area contributed by atoms with Crippen LogP contribution in [0.25, 0.3) is 21.5 Å². The van der Waals surface area contributed by atoms with Crippen molar-refractivity contribution in [2.75, 3.05) is 35.5 Å². The SMILES string of the molecule is CNC(=O)c1cc2cc(OC)c(OC)cc2c(=O)c2cc(OC)c(OC)cc12. The van der Waals surface area contributed by atoms with Crippen molar-refractivity contribution in [1.29, 1.82) is 0 Å². The van der Waals surface area contributed by atoms with Gasteiger partial charge >= 0.3 is 0 Å². The van der Waals surface area contributed by atoms with Crippen LogP contribution in [0.2, 0.25) is 0 Å². The number of carbonyl (C=O) groups excluding carboxylic acids is 1. The van der Waals surface area contributed by atoms with Gasteiger partial charge in [0.1, 0.15) is 0 Å². The van der Waals surface area contributed by atoms with E-state index >= 15 is 0 Å². The van der Waals surface area contributed by atoms with Gasteiger partial charge < -0.3 is 24.3 Å². The molecule has 0 radical (unpaired) electrons. The van der Waals surface area contributed by atoms with Crippen molar-refractivity contribution in [3.63, 3.8) is 0 Å². The van der Waals surface area contributed by atoms with Crippen LogP contribution in [0, 0.1) is 0 Å². The highest BCUT2D eigenvalue weighted by molar-refractivity contribution is 6.10. The van der Waals surface area contributed by atoms with Crippen molar-refractivity contribution in [2.45, 2.75) is 0 Å². The summed E-state index contributed by atoms with van der Waals surface area (Å²) < 4.78 is 21.4. The molecule has 0 fully saturated rings. The van der Waals surface area contributed by atoms with Crippen LogP contribution in [0.4, 0.5) is 0 Å². The van der Waals surface area contributed by atoms with E-state index in [1.165, 1.54) is 35.5 Å². The molecule has 0 spiro atoms. The van der Waals surface area contributed by atoms with Crippen LogP contribution in [-0.2, 0) is 0 Å². The van der Waals surface area contributed by atoms with E-state index in [1.54, 1.807) is 30.3 Å². The van der Waals surface area contributed by atoms with E-state index in [4.69, 9.17) is 18.9 Å². The first kappa shape index (κ1) is 19.3. The van der Waals surface area contributed by atoms with E-state index in [-0.39, 0.29) is 11.3 Å². The summed E-state index contributed by atoms with van der Waals surface area (Å²) in [6.07, 6.45) is 0. The number of benzene rings is 2. The van der Waals surface area contributed by atoms with Crippen LogP contribution in [0.1, 0.15) is 10.4 Å². The van der Waals surface area contributed by atoms with Gasteiger partial charge in [-0.3, -0.25) is 9.59 Å². The van der Waals surface area contributed by atoms with Gasteiger partial charge in [0.2, 0.25) is 0 Å². The van der Waals surface area contributed by atoms with E-state index in [0.29, 0.717) is 50.1 Å². The minimum Gasteiger partial charge on any atom is -0.493 e. The van der Waals surface area contributed by atoms with Crippen molar-refractivity contribution in [3.8, 4) is 23.0 Å². The van der Waals surface area contributed by atoms with Gasteiger partial charge in [-0.05, 0) is 35.7 Å². The Balaban J connectivity index is 2.61. The zero-order valence-electron chi connectivity index (χ0n) is 16.3. The highest BCUT2D eigenvalue weighted by Crippen LogP contribution is 2.35. The van der Waals surface area contributed by atoms with Gasteiger partial charge in [0.05, 0.1) is 28.4 Å². The largest absolute Gasteiger partial charge is 0.493 e. The Labute approximate surface area is 161 Å². The van der Waals surface area contributed by atoms with E-state index in [1.807, 2.05) is 0 Å². The topological polar surface area (TPSA) is 83.1 Å². The van der Waals surface area contributed by atoms with E-state index in [2.05, 4.69) is 5.32 Å². The number of nitrogens with one attached hydrogen (secondary N) is 1. The van der Waals surface area contributed by atoms with E-state index in [0.717, 1.165) is 0 Å². The second-order valence-electron chi connectivity index (χ2n) is 6.01. The Morgan fingerprint density at radius 3 is 1.68 bits per heavy atom. The molecule has 1 amide bonds. The number of methoxy groups -OCH3 is 4. The lowest BCUT2D eigenvalue weighted by Gasteiger charge is -2.09. The molecule has 0 bridgehead atoms. The first-order valence-electron chi connectivity index (χ1n) is 8.49. The molecule has 3 aromatic rings. The van der Waals surface area contributed by atoms with Gasteiger partial charge in [-0.2, -0.15) is 0 Å². The fraction of sp³-hybridized carbons (Fsp3) is 0.238. The third-order valence-electron chi connectivity index (χ3n) is 4.63. The molecule has 0 atom stereocenters. The Kier molecular flexibility index (Phi) is 5.26. The highest BCUT2D eigenvalue weighted by Gasteiger charge is 2.18. The normalized spacial score (nSPS) is 10.6. The molecule has 7 nitrogen and oxygen atoms in total. The first-order valence-corrected chi connectivity index (χ1v) is 8.49. The Hall–Kier alpha value is -3.48. The van der Waals surface area contributed by atoms with Gasteiger partial charge in [-0.1, -0.05) is 0 Å². The Morgan fingerprint density at radius 1 is 0.714 bits per heavy atom.